The van der Waals surface area contributed by atoms with Gasteiger partial charge in [0.25, 0.3) is 0 Å². The Balaban J connectivity index is 0.00000612. The van der Waals surface area contributed by atoms with Crippen molar-refractivity contribution >= 4 is 54.8 Å². The fourth-order valence-corrected chi connectivity index (χ4v) is 3.77. The van der Waals surface area contributed by atoms with Gasteiger partial charge in [0.15, 0.2) is 0 Å². The van der Waals surface area contributed by atoms with E-state index in [0.717, 1.165) is 11.1 Å². The van der Waals surface area contributed by atoms with Crippen molar-refractivity contribution in [2.24, 2.45) is 20.7 Å². The summed E-state index contributed by atoms with van der Waals surface area (Å²) in [5.74, 6) is -1.19. The summed E-state index contributed by atoms with van der Waals surface area (Å²) in [6.07, 6.45) is 0. The van der Waals surface area contributed by atoms with Crippen LogP contribution in [0.2, 0.25) is 10.0 Å². The maximum Gasteiger partial charge on any atom is 1.00 e. The topological polar surface area (TPSA) is 170 Å². The zero-order valence-electron chi connectivity index (χ0n) is 20.0. The Hall–Kier alpha value is -0.360. The summed E-state index contributed by atoms with van der Waals surface area (Å²) in [5, 5.41) is 18.5. The van der Waals surface area contributed by atoms with Crippen LogP contribution < -0.4 is 59.1 Å². The Morgan fingerprint density at radius 3 is 1.33 bits per heavy atom. The Bertz CT molecular complexity index is 1200. The van der Waals surface area contributed by atoms with E-state index >= 15 is 0 Å². The van der Waals surface area contributed by atoms with Crippen LogP contribution in [0, 0.1) is 0 Å². The molecule has 186 valence electrons. The molecule has 0 aromatic heterocycles. The summed E-state index contributed by atoms with van der Waals surface area (Å²) in [6, 6.07) is 9.96. The Kier molecular flexibility index (Phi) is 15.7. The van der Waals surface area contributed by atoms with E-state index in [1.807, 2.05) is 0 Å². The molecule has 0 heterocycles. The molecular weight excluding hydrogens is 577 g/mol. The monoisotopic (exact) mass is 596 g/mol. The van der Waals surface area contributed by atoms with E-state index in [-0.39, 0.29) is 82.2 Å². The first-order valence-electron chi connectivity index (χ1n) is 9.46. The average Bonchev–Trinajstić information content (AvgIpc) is 2.73. The van der Waals surface area contributed by atoms with Crippen LogP contribution in [0.25, 0.3) is 11.1 Å². The van der Waals surface area contributed by atoms with Crippen molar-refractivity contribution in [3.8, 4) is 11.1 Å². The third-order valence-electron chi connectivity index (χ3n) is 4.17. The van der Waals surface area contributed by atoms with Crippen molar-refractivity contribution in [2.45, 2.75) is 0 Å². The molecule has 2 rings (SSSR count). The molecule has 36 heavy (non-hydrogen) atoms. The Morgan fingerprint density at radius 2 is 1.06 bits per heavy atom. The van der Waals surface area contributed by atoms with Crippen LogP contribution in [-0.4, -0.2) is 74.6 Å². The molecular formula is C18H20Cl2N6Na2O6S2. The van der Waals surface area contributed by atoms with Crippen molar-refractivity contribution in [2.75, 3.05) is 38.7 Å². The normalized spacial score (nSPS) is 11.8. The molecule has 0 spiro atoms. The molecule has 0 unspecified atom stereocenters. The van der Waals surface area contributed by atoms with Crippen molar-refractivity contribution in [1.82, 2.24) is 10.0 Å². The van der Waals surface area contributed by atoms with E-state index in [1.165, 1.54) is 24.1 Å². The van der Waals surface area contributed by atoms with Crippen LogP contribution in [0.15, 0.2) is 57.1 Å². The molecule has 18 heteroatoms. The summed E-state index contributed by atoms with van der Waals surface area (Å²) >= 11 is 12.5. The largest absolute Gasteiger partial charge is 1.00 e. The van der Waals surface area contributed by atoms with Gasteiger partial charge in [-0.25, -0.2) is 16.8 Å². The predicted octanol–water partition coefficient (Wildman–Crippen LogP) is -2.38. The molecule has 0 aliphatic rings. The molecule has 0 saturated carbocycles. The quantitative estimate of drug-likeness (QED) is 0.120. The molecule has 0 saturated heterocycles. The molecule has 0 fully saturated rings. The molecule has 0 N–H and O–H groups in total. The summed E-state index contributed by atoms with van der Waals surface area (Å²) in [4.78, 5) is 0. The van der Waals surface area contributed by atoms with E-state index in [4.69, 9.17) is 23.2 Å². The van der Waals surface area contributed by atoms with Gasteiger partial charge < -0.3 is 9.11 Å². The van der Waals surface area contributed by atoms with Gasteiger partial charge in [-0.2, -0.15) is 0 Å². The first-order valence-corrected chi connectivity index (χ1v) is 13.4. The third-order valence-corrected chi connectivity index (χ3v) is 6.14. The van der Waals surface area contributed by atoms with Crippen molar-refractivity contribution < 1.29 is 85.1 Å². The minimum atomic E-state index is -4.35. The molecule has 12 nitrogen and oxygen atoms in total. The van der Waals surface area contributed by atoms with Gasteiger partial charge in [0, 0.05) is 14.1 Å². The molecule has 0 aliphatic carbocycles. The summed E-state index contributed by atoms with van der Waals surface area (Å²) in [5.41, 5.74) is 2.11. The van der Waals surface area contributed by atoms with E-state index < -0.39 is 31.7 Å². The molecule has 0 aliphatic heterocycles. The zero-order chi connectivity index (χ0) is 25.5. The van der Waals surface area contributed by atoms with Gasteiger partial charge in [-0.3, -0.25) is 10.0 Å². The van der Waals surface area contributed by atoms with Gasteiger partial charge in [-0.05, 0) is 35.4 Å². The SMILES string of the molecule is CN(CCS(=O)(=O)[O-])N=Nc1ccc(-c2ccc(N=NN(C)CCS(=O)(=O)[O-])c(Cl)c2)cc1Cl.[Na+].[Na+]. The maximum absolute atomic E-state index is 10.7. The van der Waals surface area contributed by atoms with Gasteiger partial charge in [-0.1, -0.05) is 45.8 Å². The Morgan fingerprint density at radius 1 is 0.722 bits per heavy atom. The first kappa shape index (κ1) is 35.6. The van der Waals surface area contributed by atoms with E-state index in [1.54, 1.807) is 36.4 Å². The summed E-state index contributed by atoms with van der Waals surface area (Å²) < 4.78 is 64.1. The molecule has 0 amide bonds. The van der Waals surface area contributed by atoms with E-state index in [2.05, 4.69) is 20.7 Å². The van der Waals surface area contributed by atoms with Crippen LogP contribution in [0.5, 0.6) is 0 Å². The van der Waals surface area contributed by atoms with Crippen LogP contribution >= 0.6 is 23.2 Å². The molecule has 0 radical (unpaired) electrons. The fourth-order valence-electron chi connectivity index (χ4n) is 2.36. The van der Waals surface area contributed by atoms with Gasteiger partial charge in [0.05, 0.1) is 54.9 Å². The third kappa shape index (κ3) is 13.4. The second-order valence-corrected chi connectivity index (χ2v) is 10.9. The Labute approximate surface area is 264 Å². The van der Waals surface area contributed by atoms with Gasteiger partial charge >= 0.3 is 59.1 Å². The molecule has 2 aromatic carbocycles. The van der Waals surface area contributed by atoms with E-state index in [9.17, 15) is 25.9 Å². The zero-order valence-corrected chi connectivity index (χ0v) is 27.1. The van der Waals surface area contributed by atoms with Gasteiger partial charge in [0.1, 0.15) is 11.4 Å². The second-order valence-electron chi connectivity index (χ2n) is 7.00. The molecule has 2 aromatic rings. The first-order chi connectivity index (χ1) is 15.7. The van der Waals surface area contributed by atoms with Gasteiger partial charge in [-0.15, -0.1) is 10.2 Å². The minimum absolute atomic E-state index is 0. The molecule has 0 atom stereocenters. The maximum atomic E-state index is 10.7. The number of rotatable bonds is 11. The minimum Gasteiger partial charge on any atom is -0.748 e. The fraction of sp³-hybridized carbons (Fsp3) is 0.333. The van der Waals surface area contributed by atoms with E-state index in [0.29, 0.717) is 11.4 Å². The summed E-state index contributed by atoms with van der Waals surface area (Å²) in [7, 11) is -5.75. The molecule has 0 bridgehead atoms. The standard InChI is InChI=1S/C18H22Cl2N6O6S2.2Na/c1-25(7-9-33(27,28)29)23-21-17-5-3-13(11-15(17)19)14-4-6-18(16(20)12-14)22-24-26(2)8-10-34(30,31)32;;/h3-6,11-12H,7-10H2,1-2H3,(H,27,28,29)(H,30,31,32);;/q;2*+1/p-2. The van der Waals surface area contributed by atoms with Crippen LogP contribution in [0.3, 0.4) is 0 Å². The number of hydrogen-bond acceptors (Lipinski definition) is 10. The van der Waals surface area contributed by atoms with Crippen molar-refractivity contribution in [3.05, 3.63) is 46.4 Å². The van der Waals surface area contributed by atoms with Crippen molar-refractivity contribution in [1.29, 1.82) is 0 Å². The number of nitrogens with zero attached hydrogens (tertiary/aromatic N) is 6. The summed E-state index contributed by atoms with van der Waals surface area (Å²) in [6.45, 7) is -0.221. The van der Waals surface area contributed by atoms with Crippen LogP contribution in [0.4, 0.5) is 11.4 Å². The number of halogens is 2. The number of benzene rings is 2. The smallest absolute Gasteiger partial charge is 0.748 e. The predicted molar refractivity (Wildman–Crippen MR) is 125 cm³/mol. The van der Waals surface area contributed by atoms with Crippen LogP contribution in [-0.2, 0) is 20.2 Å². The number of hydrogen-bond donors (Lipinski definition) is 0. The van der Waals surface area contributed by atoms with Gasteiger partial charge in [0.2, 0.25) is 0 Å². The average molecular weight is 597 g/mol. The second kappa shape index (κ2) is 15.9. The van der Waals surface area contributed by atoms with Crippen molar-refractivity contribution in [3.63, 3.8) is 0 Å². The van der Waals surface area contributed by atoms with Crippen LogP contribution in [0.1, 0.15) is 0 Å².